The van der Waals surface area contributed by atoms with Crippen LogP contribution >= 0.6 is 11.6 Å². The van der Waals surface area contributed by atoms with E-state index in [1.165, 1.54) is 0 Å². The number of anilines is 1. The van der Waals surface area contributed by atoms with E-state index in [0.717, 1.165) is 6.42 Å². The van der Waals surface area contributed by atoms with Gasteiger partial charge in [0.15, 0.2) is 0 Å². The smallest absolute Gasteiger partial charge is 0.338 e. The lowest BCUT2D eigenvalue weighted by Gasteiger charge is -2.20. The maximum atomic E-state index is 11.8. The first kappa shape index (κ1) is 13.8. The average molecular weight is 256 g/mol. The fourth-order valence-corrected chi connectivity index (χ4v) is 1.75. The molecule has 0 heterocycles. The number of nitrogens with two attached hydrogens (primary N) is 1. The third kappa shape index (κ3) is 3.93. The minimum Gasteiger partial charge on any atom is -0.457 e. The zero-order chi connectivity index (χ0) is 12.8. The highest BCUT2D eigenvalue weighted by Gasteiger charge is 2.20. The number of ether oxygens (including phenoxy) is 1. The van der Waals surface area contributed by atoms with Crippen LogP contribution in [-0.2, 0) is 4.74 Å². The second-order valence-corrected chi connectivity index (χ2v) is 4.41. The molecule has 3 nitrogen and oxygen atoms in total. The summed E-state index contributed by atoms with van der Waals surface area (Å²) in [7, 11) is 0. The summed E-state index contributed by atoms with van der Waals surface area (Å²) in [5.41, 5.74) is 6.67. The highest BCUT2D eigenvalue weighted by Crippen LogP contribution is 2.16. The molecule has 0 aliphatic heterocycles. The van der Waals surface area contributed by atoms with Gasteiger partial charge in [0.25, 0.3) is 0 Å². The first-order valence-electron chi connectivity index (χ1n) is 5.71. The molecule has 1 rings (SSSR count). The van der Waals surface area contributed by atoms with E-state index in [1.807, 2.05) is 13.8 Å². The molecule has 0 saturated carbocycles. The highest BCUT2D eigenvalue weighted by molar-refractivity contribution is 6.18. The first-order valence-corrected chi connectivity index (χ1v) is 6.24. The molecular weight excluding hydrogens is 238 g/mol. The van der Waals surface area contributed by atoms with E-state index in [0.29, 0.717) is 17.1 Å². The van der Waals surface area contributed by atoms with E-state index >= 15 is 0 Å². The standard InChI is InChI=1S/C13H18ClNO2/c1-3-9(2)12(8-14)17-13(16)10-4-6-11(15)7-5-10/h4-7,9,12H,3,8,15H2,1-2H3/t9-,12-/m0/s1. The van der Waals surface area contributed by atoms with Gasteiger partial charge in [0.05, 0.1) is 11.4 Å². The number of carbonyl (C=O) groups is 1. The molecule has 0 spiro atoms. The van der Waals surface area contributed by atoms with Crippen LogP contribution in [0.5, 0.6) is 0 Å². The van der Waals surface area contributed by atoms with Crippen LogP contribution in [0.3, 0.4) is 0 Å². The summed E-state index contributed by atoms with van der Waals surface area (Å²) in [5.74, 6) is 0.219. The van der Waals surface area contributed by atoms with Crippen molar-refractivity contribution >= 4 is 23.3 Å². The molecule has 94 valence electrons. The molecule has 0 aliphatic carbocycles. The Hall–Kier alpha value is -1.22. The largest absolute Gasteiger partial charge is 0.457 e. The highest BCUT2D eigenvalue weighted by atomic mass is 35.5. The molecule has 2 atom stereocenters. The molecule has 0 saturated heterocycles. The molecule has 17 heavy (non-hydrogen) atoms. The van der Waals surface area contributed by atoms with Crippen LogP contribution in [-0.4, -0.2) is 18.0 Å². The molecule has 0 unspecified atom stereocenters. The van der Waals surface area contributed by atoms with E-state index in [1.54, 1.807) is 24.3 Å². The lowest BCUT2D eigenvalue weighted by molar-refractivity contribution is 0.0223. The molecule has 2 N–H and O–H groups in total. The molecule has 0 amide bonds. The van der Waals surface area contributed by atoms with Gasteiger partial charge in [0.2, 0.25) is 0 Å². The maximum absolute atomic E-state index is 11.8. The van der Waals surface area contributed by atoms with Crippen LogP contribution in [0.1, 0.15) is 30.6 Å². The van der Waals surface area contributed by atoms with E-state index in [4.69, 9.17) is 22.1 Å². The van der Waals surface area contributed by atoms with Crippen LogP contribution in [0.4, 0.5) is 5.69 Å². The summed E-state index contributed by atoms with van der Waals surface area (Å²) in [6.07, 6.45) is 0.679. The summed E-state index contributed by atoms with van der Waals surface area (Å²) < 4.78 is 5.37. The van der Waals surface area contributed by atoms with Gasteiger partial charge in [0, 0.05) is 5.69 Å². The van der Waals surface area contributed by atoms with Gasteiger partial charge in [-0.05, 0) is 36.6 Å². The number of benzene rings is 1. The molecule has 1 aromatic rings. The Morgan fingerprint density at radius 2 is 2.00 bits per heavy atom. The number of hydrogen-bond acceptors (Lipinski definition) is 3. The zero-order valence-electron chi connectivity index (χ0n) is 10.2. The average Bonchev–Trinajstić information content (AvgIpc) is 2.35. The van der Waals surface area contributed by atoms with Crippen LogP contribution < -0.4 is 5.73 Å². The molecule has 4 heteroatoms. The van der Waals surface area contributed by atoms with Crippen molar-refractivity contribution in [1.82, 2.24) is 0 Å². The number of nitrogen functional groups attached to an aromatic ring is 1. The minimum atomic E-state index is -0.351. The van der Waals surface area contributed by atoms with E-state index in [2.05, 4.69) is 0 Å². The fraction of sp³-hybridized carbons (Fsp3) is 0.462. The number of alkyl halides is 1. The number of rotatable bonds is 5. The van der Waals surface area contributed by atoms with E-state index < -0.39 is 0 Å². The predicted molar refractivity (Wildman–Crippen MR) is 70.2 cm³/mol. The number of carbonyl (C=O) groups excluding carboxylic acids is 1. The SMILES string of the molecule is CC[C@H](C)[C@H](CCl)OC(=O)c1ccc(N)cc1. The molecule has 0 fully saturated rings. The van der Waals surface area contributed by atoms with Crippen molar-refractivity contribution in [2.75, 3.05) is 11.6 Å². The van der Waals surface area contributed by atoms with Gasteiger partial charge in [0.1, 0.15) is 6.10 Å². The van der Waals surface area contributed by atoms with Crippen LogP contribution in [0.2, 0.25) is 0 Å². The number of hydrogen-bond donors (Lipinski definition) is 1. The van der Waals surface area contributed by atoms with Gasteiger partial charge in [-0.15, -0.1) is 11.6 Å². The molecule has 1 aromatic carbocycles. The molecule has 0 radical (unpaired) electrons. The quantitative estimate of drug-likeness (QED) is 0.500. The minimum absolute atomic E-state index is 0.244. The van der Waals surface area contributed by atoms with Crippen LogP contribution in [0, 0.1) is 5.92 Å². The van der Waals surface area contributed by atoms with Gasteiger partial charge in [-0.25, -0.2) is 4.79 Å². The summed E-state index contributed by atoms with van der Waals surface area (Å²) in [5, 5.41) is 0. The summed E-state index contributed by atoms with van der Waals surface area (Å²) in [6.45, 7) is 4.06. The molecular formula is C13H18ClNO2. The predicted octanol–water partition coefficient (Wildman–Crippen LogP) is 3.08. The summed E-state index contributed by atoms with van der Waals surface area (Å²) in [6, 6.07) is 6.66. The Kier molecular flexibility index (Phi) is 5.29. The van der Waals surface area contributed by atoms with Crippen LogP contribution in [0.25, 0.3) is 0 Å². The van der Waals surface area contributed by atoms with E-state index in [9.17, 15) is 4.79 Å². The van der Waals surface area contributed by atoms with E-state index in [-0.39, 0.29) is 18.0 Å². The summed E-state index contributed by atoms with van der Waals surface area (Å²) in [4.78, 5) is 11.8. The van der Waals surface area contributed by atoms with Crippen molar-refractivity contribution in [3.8, 4) is 0 Å². The van der Waals surface area contributed by atoms with Crippen molar-refractivity contribution < 1.29 is 9.53 Å². The van der Waals surface area contributed by atoms with Crippen LogP contribution in [0.15, 0.2) is 24.3 Å². The lowest BCUT2D eigenvalue weighted by atomic mass is 10.0. The fourth-order valence-electron chi connectivity index (χ4n) is 1.39. The second kappa shape index (κ2) is 6.50. The number of halogens is 1. The van der Waals surface area contributed by atoms with Crippen molar-refractivity contribution in [2.24, 2.45) is 5.92 Å². The zero-order valence-corrected chi connectivity index (χ0v) is 10.9. The Labute approximate surface area is 107 Å². The maximum Gasteiger partial charge on any atom is 0.338 e. The molecule has 0 aliphatic rings. The van der Waals surface area contributed by atoms with Crippen molar-refractivity contribution in [1.29, 1.82) is 0 Å². The van der Waals surface area contributed by atoms with Crippen molar-refractivity contribution in [3.05, 3.63) is 29.8 Å². The van der Waals surface area contributed by atoms with Gasteiger partial charge in [-0.2, -0.15) is 0 Å². The van der Waals surface area contributed by atoms with Gasteiger partial charge in [-0.1, -0.05) is 13.8 Å². The van der Waals surface area contributed by atoms with Gasteiger partial charge < -0.3 is 10.5 Å². The Morgan fingerprint density at radius 3 is 2.47 bits per heavy atom. The number of esters is 1. The van der Waals surface area contributed by atoms with Crippen molar-refractivity contribution in [3.63, 3.8) is 0 Å². The van der Waals surface area contributed by atoms with Gasteiger partial charge in [-0.3, -0.25) is 0 Å². The molecule has 0 bridgehead atoms. The monoisotopic (exact) mass is 255 g/mol. The van der Waals surface area contributed by atoms with Crippen molar-refractivity contribution in [2.45, 2.75) is 26.4 Å². The van der Waals surface area contributed by atoms with Gasteiger partial charge >= 0.3 is 5.97 Å². The Bertz CT molecular complexity index is 364. The third-order valence-electron chi connectivity index (χ3n) is 2.84. The molecule has 0 aromatic heterocycles. The summed E-state index contributed by atoms with van der Waals surface area (Å²) >= 11 is 5.80. The first-order chi connectivity index (χ1) is 8.08. The third-order valence-corrected chi connectivity index (χ3v) is 3.14. The topological polar surface area (TPSA) is 52.3 Å². The lowest BCUT2D eigenvalue weighted by Crippen LogP contribution is -2.26. The second-order valence-electron chi connectivity index (χ2n) is 4.11. The normalized spacial score (nSPS) is 14.1. The Balaban J connectivity index is 2.67. The Morgan fingerprint density at radius 1 is 1.41 bits per heavy atom.